The van der Waals surface area contributed by atoms with Crippen molar-refractivity contribution in [2.24, 2.45) is 0 Å². The van der Waals surface area contributed by atoms with Gasteiger partial charge in [-0.3, -0.25) is 14.0 Å². The second kappa shape index (κ2) is 8.41. The van der Waals surface area contributed by atoms with Crippen molar-refractivity contribution in [2.75, 3.05) is 5.32 Å². The number of anilines is 1. The Labute approximate surface area is 172 Å². The first-order valence-corrected chi connectivity index (χ1v) is 10.4. The van der Waals surface area contributed by atoms with Crippen LogP contribution in [0.1, 0.15) is 24.1 Å². The van der Waals surface area contributed by atoms with Gasteiger partial charge in [-0.15, -0.1) is 11.3 Å². The van der Waals surface area contributed by atoms with Gasteiger partial charge >= 0.3 is 0 Å². The molecule has 0 bridgehead atoms. The normalized spacial score (nSPS) is 10.9. The number of carbonyl (C=O) groups excluding carboxylic acids is 1. The summed E-state index contributed by atoms with van der Waals surface area (Å²) in [5.41, 5.74) is 4.22. The van der Waals surface area contributed by atoms with Crippen LogP contribution in [-0.2, 0) is 11.2 Å². The number of aryl methyl sites for hydroxylation is 2. The van der Waals surface area contributed by atoms with E-state index in [1.165, 1.54) is 23.0 Å². The highest BCUT2D eigenvalue weighted by Crippen LogP contribution is 2.26. The van der Waals surface area contributed by atoms with Crippen LogP contribution in [0.4, 0.5) is 5.69 Å². The van der Waals surface area contributed by atoms with Gasteiger partial charge in [-0.2, -0.15) is 0 Å². The summed E-state index contributed by atoms with van der Waals surface area (Å²) in [6.07, 6.45) is 2.14. The molecule has 4 aromatic rings. The minimum absolute atomic E-state index is 0.0114. The van der Waals surface area contributed by atoms with Gasteiger partial charge in [0.05, 0.1) is 5.69 Å². The zero-order valence-corrected chi connectivity index (χ0v) is 16.9. The van der Waals surface area contributed by atoms with Gasteiger partial charge in [-0.25, -0.2) is 4.98 Å². The van der Waals surface area contributed by atoms with Gasteiger partial charge in [0.1, 0.15) is 0 Å². The largest absolute Gasteiger partial charge is 0.326 e. The molecule has 1 amide bonds. The van der Waals surface area contributed by atoms with Crippen molar-refractivity contribution < 1.29 is 4.79 Å². The van der Waals surface area contributed by atoms with Crippen molar-refractivity contribution in [3.63, 3.8) is 0 Å². The number of rotatable bonds is 6. The Bertz CT molecular complexity index is 1210. The predicted octanol–water partition coefficient (Wildman–Crippen LogP) is 4.69. The lowest BCUT2D eigenvalue weighted by Crippen LogP contribution is -2.14. The first-order chi connectivity index (χ1) is 14.1. The fraction of sp³-hybridized carbons (Fsp3) is 0.174. The number of benzene rings is 2. The van der Waals surface area contributed by atoms with Crippen molar-refractivity contribution >= 4 is 27.9 Å². The number of aromatic nitrogens is 2. The Kier molecular flexibility index (Phi) is 5.53. The molecule has 4 rings (SSSR count). The third kappa shape index (κ3) is 4.43. The molecule has 0 aliphatic heterocycles. The van der Waals surface area contributed by atoms with Crippen molar-refractivity contribution in [2.45, 2.75) is 26.2 Å². The molecule has 0 spiro atoms. The van der Waals surface area contributed by atoms with Crippen LogP contribution in [0.2, 0.25) is 0 Å². The number of amides is 1. The van der Waals surface area contributed by atoms with Crippen LogP contribution in [-0.4, -0.2) is 15.3 Å². The van der Waals surface area contributed by atoms with Gasteiger partial charge in [0.15, 0.2) is 4.96 Å². The Morgan fingerprint density at radius 2 is 1.93 bits per heavy atom. The lowest BCUT2D eigenvalue weighted by molar-refractivity contribution is -0.116. The number of fused-ring (bicyclic) bond motifs is 1. The molecule has 1 N–H and O–H groups in total. The first-order valence-electron chi connectivity index (χ1n) is 9.52. The molecule has 0 saturated carbocycles. The fourth-order valence-electron chi connectivity index (χ4n) is 3.31. The molecule has 0 radical (unpaired) electrons. The van der Waals surface area contributed by atoms with E-state index in [0.717, 1.165) is 29.8 Å². The van der Waals surface area contributed by atoms with E-state index in [0.29, 0.717) is 17.1 Å². The summed E-state index contributed by atoms with van der Waals surface area (Å²) in [7, 11) is 0. The van der Waals surface area contributed by atoms with E-state index in [4.69, 9.17) is 0 Å². The van der Waals surface area contributed by atoms with Gasteiger partial charge < -0.3 is 5.32 Å². The summed E-state index contributed by atoms with van der Waals surface area (Å²) in [6, 6.07) is 19.3. The molecule has 0 saturated heterocycles. The number of carbonyl (C=O) groups is 1. The Morgan fingerprint density at radius 3 is 2.76 bits per heavy atom. The van der Waals surface area contributed by atoms with Crippen molar-refractivity contribution in [1.29, 1.82) is 0 Å². The van der Waals surface area contributed by atoms with E-state index < -0.39 is 0 Å². The van der Waals surface area contributed by atoms with Crippen LogP contribution in [0.5, 0.6) is 0 Å². The number of nitrogens with zero attached hydrogens (tertiary/aromatic N) is 2. The summed E-state index contributed by atoms with van der Waals surface area (Å²) in [5.74, 6) is -0.0114. The molecular formula is C23H21N3O2S. The molecule has 5 nitrogen and oxygen atoms in total. The Balaban J connectivity index is 1.47. The monoisotopic (exact) mass is 403 g/mol. The zero-order chi connectivity index (χ0) is 20.2. The molecule has 2 aromatic carbocycles. The van der Waals surface area contributed by atoms with E-state index in [-0.39, 0.29) is 11.5 Å². The molecule has 2 heterocycles. The summed E-state index contributed by atoms with van der Waals surface area (Å²) in [5, 5.41) is 4.88. The molecule has 0 atom stereocenters. The number of thiazole rings is 1. The Morgan fingerprint density at radius 1 is 1.10 bits per heavy atom. The molecule has 146 valence electrons. The van der Waals surface area contributed by atoms with E-state index >= 15 is 0 Å². The number of hydrogen-bond acceptors (Lipinski definition) is 4. The average Bonchev–Trinajstić information content (AvgIpc) is 3.13. The lowest BCUT2D eigenvalue weighted by Gasteiger charge is -2.08. The van der Waals surface area contributed by atoms with Crippen molar-refractivity contribution in [3.05, 3.63) is 87.7 Å². The maximum absolute atomic E-state index is 12.4. The zero-order valence-electron chi connectivity index (χ0n) is 16.1. The van der Waals surface area contributed by atoms with Crippen molar-refractivity contribution in [3.8, 4) is 11.3 Å². The van der Waals surface area contributed by atoms with Crippen LogP contribution >= 0.6 is 11.3 Å². The van der Waals surface area contributed by atoms with Crippen LogP contribution in [0, 0.1) is 6.92 Å². The van der Waals surface area contributed by atoms with Gasteiger partial charge in [0, 0.05) is 34.8 Å². The van der Waals surface area contributed by atoms with E-state index in [2.05, 4.69) is 22.4 Å². The lowest BCUT2D eigenvalue weighted by atomic mass is 10.1. The molecule has 0 aliphatic rings. The van der Waals surface area contributed by atoms with E-state index in [9.17, 15) is 9.59 Å². The van der Waals surface area contributed by atoms with E-state index in [1.807, 2.05) is 54.8 Å². The maximum atomic E-state index is 12.4. The molecule has 0 fully saturated rings. The molecule has 6 heteroatoms. The van der Waals surface area contributed by atoms with Crippen LogP contribution < -0.4 is 10.9 Å². The summed E-state index contributed by atoms with van der Waals surface area (Å²) >= 11 is 1.43. The third-order valence-electron chi connectivity index (χ3n) is 4.69. The van der Waals surface area contributed by atoms with Crippen molar-refractivity contribution in [1.82, 2.24) is 9.38 Å². The third-order valence-corrected chi connectivity index (χ3v) is 5.51. The van der Waals surface area contributed by atoms with Crippen LogP contribution in [0.15, 0.2) is 70.8 Å². The molecule has 0 aliphatic carbocycles. The van der Waals surface area contributed by atoms with Gasteiger partial charge in [0.25, 0.3) is 5.56 Å². The standard InChI is InChI=1S/C23H21N3O2S/c1-16-13-22(28)26-20(15-29-23(26)24-16)18-10-6-11-19(14-18)25-21(27)12-5-9-17-7-3-2-4-8-17/h2-4,6-8,10-11,13-15H,5,9,12H2,1H3,(H,25,27). The highest BCUT2D eigenvalue weighted by molar-refractivity contribution is 7.15. The smallest absolute Gasteiger partial charge is 0.259 e. The van der Waals surface area contributed by atoms with Gasteiger partial charge in [-0.05, 0) is 37.5 Å². The summed E-state index contributed by atoms with van der Waals surface area (Å²) in [6.45, 7) is 1.81. The Hall–Kier alpha value is -3.25. The van der Waals surface area contributed by atoms with Crippen LogP contribution in [0.25, 0.3) is 16.2 Å². The maximum Gasteiger partial charge on any atom is 0.259 e. The number of nitrogens with one attached hydrogen (secondary N) is 1. The number of hydrogen-bond donors (Lipinski definition) is 1. The van der Waals surface area contributed by atoms with Gasteiger partial charge in [-0.1, -0.05) is 42.5 Å². The predicted molar refractivity (Wildman–Crippen MR) is 118 cm³/mol. The quantitative estimate of drug-likeness (QED) is 0.508. The minimum Gasteiger partial charge on any atom is -0.326 e. The highest BCUT2D eigenvalue weighted by atomic mass is 32.1. The highest BCUT2D eigenvalue weighted by Gasteiger charge is 2.11. The second-order valence-corrected chi connectivity index (χ2v) is 7.78. The van der Waals surface area contributed by atoms with Crippen LogP contribution in [0.3, 0.4) is 0 Å². The molecule has 2 aromatic heterocycles. The average molecular weight is 404 g/mol. The minimum atomic E-state index is -0.0981. The second-order valence-electron chi connectivity index (χ2n) is 6.94. The SMILES string of the molecule is Cc1cc(=O)n2c(-c3cccc(NC(=O)CCCc4ccccc4)c3)csc2n1. The summed E-state index contributed by atoms with van der Waals surface area (Å²) in [4.78, 5) is 29.8. The molecular weight excluding hydrogens is 382 g/mol. The van der Waals surface area contributed by atoms with Gasteiger partial charge in [0.2, 0.25) is 5.91 Å². The molecule has 0 unspecified atom stereocenters. The topological polar surface area (TPSA) is 63.5 Å². The first kappa shape index (κ1) is 19.1. The molecule has 29 heavy (non-hydrogen) atoms. The fourth-order valence-corrected chi connectivity index (χ4v) is 4.26. The van der Waals surface area contributed by atoms with E-state index in [1.54, 1.807) is 4.40 Å². The summed E-state index contributed by atoms with van der Waals surface area (Å²) < 4.78 is 1.61.